The standard InChI is InChI=1S/C6H5FN2O3/c7-3-12-5-2-8-1-4(9-5)6(10)11/h1-2H,3H2,(H,10,11). The fraction of sp³-hybridized carbons (Fsp3) is 0.167. The van der Waals surface area contributed by atoms with Crippen LogP contribution in [0.1, 0.15) is 10.5 Å². The van der Waals surface area contributed by atoms with Gasteiger partial charge in [0.2, 0.25) is 12.7 Å². The Morgan fingerprint density at radius 2 is 2.42 bits per heavy atom. The molecule has 5 nitrogen and oxygen atoms in total. The predicted octanol–water partition coefficient (Wildman–Crippen LogP) is 0.481. The molecule has 0 fully saturated rings. The second kappa shape index (κ2) is 3.61. The molecule has 1 aromatic heterocycles. The first kappa shape index (κ1) is 8.38. The number of carboxylic acid groups (broad SMARTS) is 1. The van der Waals surface area contributed by atoms with E-state index >= 15 is 0 Å². The average molecular weight is 172 g/mol. The lowest BCUT2D eigenvalue weighted by atomic mass is 10.5. The second-order valence-electron chi connectivity index (χ2n) is 1.80. The molecule has 0 unspecified atom stereocenters. The number of carboxylic acids is 1. The number of halogens is 1. The molecule has 0 aliphatic carbocycles. The third-order valence-electron chi connectivity index (χ3n) is 1.03. The van der Waals surface area contributed by atoms with E-state index in [9.17, 15) is 9.18 Å². The van der Waals surface area contributed by atoms with Gasteiger partial charge in [0, 0.05) is 0 Å². The minimum absolute atomic E-state index is 0.141. The van der Waals surface area contributed by atoms with Crippen molar-refractivity contribution in [2.45, 2.75) is 0 Å². The Balaban J connectivity index is 2.88. The molecule has 0 aliphatic rings. The van der Waals surface area contributed by atoms with Crippen LogP contribution >= 0.6 is 0 Å². The van der Waals surface area contributed by atoms with Crippen LogP contribution in [0, 0.1) is 0 Å². The van der Waals surface area contributed by atoms with Crippen LogP contribution in [0.4, 0.5) is 4.39 Å². The minimum Gasteiger partial charge on any atom is -0.476 e. The summed E-state index contributed by atoms with van der Waals surface area (Å²) in [6, 6.07) is 0. The molecule has 0 saturated heterocycles. The normalized spacial score (nSPS) is 9.42. The van der Waals surface area contributed by atoms with E-state index in [1.165, 1.54) is 0 Å². The highest BCUT2D eigenvalue weighted by Gasteiger charge is 2.05. The molecule has 0 saturated carbocycles. The quantitative estimate of drug-likeness (QED) is 0.717. The number of nitrogens with zero attached hydrogens (tertiary/aromatic N) is 2. The number of alkyl halides is 1. The Kier molecular flexibility index (Phi) is 2.52. The van der Waals surface area contributed by atoms with Crippen molar-refractivity contribution in [3.05, 3.63) is 18.1 Å². The summed E-state index contributed by atoms with van der Waals surface area (Å²) in [6.07, 6.45) is 2.18. The number of ether oxygens (including phenoxy) is 1. The zero-order valence-electron chi connectivity index (χ0n) is 5.90. The number of carbonyl (C=O) groups is 1. The maximum atomic E-state index is 11.6. The van der Waals surface area contributed by atoms with Gasteiger partial charge < -0.3 is 9.84 Å². The first-order valence-corrected chi connectivity index (χ1v) is 2.98. The highest BCUT2D eigenvalue weighted by atomic mass is 19.1. The van der Waals surface area contributed by atoms with Gasteiger partial charge in [0.05, 0.1) is 12.4 Å². The highest BCUT2D eigenvalue weighted by molar-refractivity contribution is 5.84. The number of rotatable bonds is 3. The first-order chi connectivity index (χ1) is 5.74. The van der Waals surface area contributed by atoms with E-state index in [1.807, 2.05) is 0 Å². The summed E-state index contributed by atoms with van der Waals surface area (Å²) < 4.78 is 15.9. The summed E-state index contributed by atoms with van der Waals surface area (Å²) in [4.78, 5) is 17.2. The van der Waals surface area contributed by atoms with Crippen LogP contribution in [0.15, 0.2) is 12.4 Å². The predicted molar refractivity (Wildman–Crippen MR) is 35.6 cm³/mol. The van der Waals surface area contributed by atoms with Crippen LogP contribution in [0.25, 0.3) is 0 Å². The van der Waals surface area contributed by atoms with Gasteiger partial charge in [-0.05, 0) is 0 Å². The van der Waals surface area contributed by atoms with Crippen molar-refractivity contribution in [1.29, 1.82) is 0 Å². The molecule has 0 aromatic carbocycles. The first-order valence-electron chi connectivity index (χ1n) is 2.98. The second-order valence-corrected chi connectivity index (χ2v) is 1.80. The molecule has 6 heteroatoms. The van der Waals surface area contributed by atoms with Crippen molar-refractivity contribution in [3.63, 3.8) is 0 Å². The molecule has 1 heterocycles. The van der Waals surface area contributed by atoms with Crippen molar-refractivity contribution >= 4 is 5.97 Å². The summed E-state index contributed by atoms with van der Waals surface area (Å²) in [6.45, 7) is -1.06. The molecule has 1 N–H and O–H groups in total. The summed E-state index contributed by atoms with van der Waals surface area (Å²) in [5.41, 5.74) is -0.277. The fourth-order valence-corrected chi connectivity index (χ4v) is 0.577. The summed E-state index contributed by atoms with van der Waals surface area (Å²) in [5.74, 6) is -1.37. The van der Waals surface area contributed by atoms with Crippen LogP contribution in [0.5, 0.6) is 5.88 Å². The number of aromatic nitrogens is 2. The van der Waals surface area contributed by atoms with E-state index < -0.39 is 12.8 Å². The van der Waals surface area contributed by atoms with Crippen LogP contribution in [-0.4, -0.2) is 27.9 Å². The van der Waals surface area contributed by atoms with Gasteiger partial charge in [0.25, 0.3) is 0 Å². The molecule has 0 amide bonds. The molecular weight excluding hydrogens is 167 g/mol. The Morgan fingerprint density at radius 1 is 1.67 bits per heavy atom. The Labute approximate surface area is 66.8 Å². The average Bonchev–Trinajstić information content (AvgIpc) is 2.05. The van der Waals surface area contributed by atoms with Gasteiger partial charge in [-0.2, -0.15) is 0 Å². The number of hydrogen-bond donors (Lipinski definition) is 1. The lowest BCUT2D eigenvalue weighted by molar-refractivity contribution is 0.0687. The SMILES string of the molecule is O=C(O)c1cncc(OCF)n1. The van der Waals surface area contributed by atoms with Gasteiger partial charge in [-0.3, -0.25) is 4.98 Å². The lowest BCUT2D eigenvalue weighted by Gasteiger charge is -1.98. The third kappa shape index (κ3) is 1.88. The van der Waals surface area contributed by atoms with Gasteiger partial charge in [-0.1, -0.05) is 0 Å². The largest absolute Gasteiger partial charge is 0.476 e. The van der Waals surface area contributed by atoms with Crippen molar-refractivity contribution in [1.82, 2.24) is 9.97 Å². The van der Waals surface area contributed by atoms with Gasteiger partial charge in [-0.25, -0.2) is 14.2 Å². The summed E-state index contributed by atoms with van der Waals surface area (Å²) in [5, 5.41) is 8.43. The third-order valence-corrected chi connectivity index (χ3v) is 1.03. The van der Waals surface area contributed by atoms with E-state index in [0.717, 1.165) is 12.4 Å². The molecule has 1 aromatic rings. The van der Waals surface area contributed by atoms with E-state index in [1.54, 1.807) is 0 Å². The molecule has 0 aliphatic heterocycles. The topological polar surface area (TPSA) is 72.3 Å². The molecule has 0 radical (unpaired) electrons. The van der Waals surface area contributed by atoms with Crippen molar-refractivity contribution in [2.75, 3.05) is 6.86 Å². The molecule has 0 atom stereocenters. The lowest BCUT2D eigenvalue weighted by Crippen LogP contribution is -2.03. The van der Waals surface area contributed by atoms with Crippen molar-refractivity contribution < 1.29 is 19.0 Å². The number of aromatic carboxylic acids is 1. The fourth-order valence-electron chi connectivity index (χ4n) is 0.577. The maximum Gasteiger partial charge on any atom is 0.356 e. The van der Waals surface area contributed by atoms with Crippen LogP contribution in [0.2, 0.25) is 0 Å². The molecule has 0 bridgehead atoms. The van der Waals surface area contributed by atoms with Crippen molar-refractivity contribution in [3.8, 4) is 5.88 Å². The van der Waals surface area contributed by atoms with Gasteiger partial charge in [0.15, 0.2) is 5.69 Å². The zero-order chi connectivity index (χ0) is 8.97. The van der Waals surface area contributed by atoms with E-state index in [0.29, 0.717) is 0 Å². The molecule has 0 spiro atoms. The minimum atomic E-state index is -1.23. The highest BCUT2D eigenvalue weighted by Crippen LogP contribution is 2.04. The van der Waals surface area contributed by atoms with Gasteiger partial charge >= 0.3 is 5.97 Å². The Bertz CT molecular complexity index is 292. The Morgan fingerprint density at radius 3 is 3.00 bits per heavy atom. The van der Waals surface area contributed by atoms with Crippen molar-refractivity contribution in [2.24, 2.45) is 0 Å². The summed E-state index contributed by atoms with van der Waals surface area (Å²) in [7, 11) is 0. The maximum absolute atomic E-state index is 11.6. The van der Waals surface area contributed by atoms with Crippen LogP contribution in [0.3, 0.4) is 0 Å². The Hall–Kier alpha value is -1.72. The summed E-state index contributed by atoms with van der Waals surface area (Å²) >= 11 is 0. The van der Waals surface area contributed by atoms with Gasteiger partial charge in [-0.15, -0.1) is 0 Å². The molecule has 12 heavy (non-hydrogen) atoms. The zero-order valence-corrected chi connectivity index (χ0v) is 5.90. The molecular formula is C6H5FN2O3. The van der Waals surface area contributed by atoms with Gasteiger partial charge in [0.1, 0.15) is 0 Å². The molecule has 64 valence electrons. The van der Waals surface area contributed by atoms with Crippen LogP contribution in [-0.2, 0) is 0 Å². The van der Waals surface area contributed by atoms with E-state index in [2.05, 4.69) is 14.7 Å². The van der Waals surface area contributed by atoms with E-state index in [4.69, 9.17) is 5.11 Å². The number of hydrogen-bond acceptors (Lipinski definition) is 4. The smallest absolute Gasteiger partial charge is 0.356 e. The van der Waals surface area contributed by atoms with Crippen LogP contribution < -0.4 is 4.74 Å². The monoisotopic (exact) mass is 172 g/mol. The molecule has 1 rings (SSSR count). The van der Waals surface area contributed by atoms with E-state index in [-0.39, 0.29) is 11.6 Å².